The van der Waals surface area contributed by atoms with Gasteiger partial charge in [0, 0.05) is 17.0 Å². The predicted molar refractivity (Wildman–Crippen MR) is 130 cm³/mol. The van der Waals surface area contributed by atoms with Crippen molar-refractivity contribution in [3.8, 4) is 0 Å². The summed E-state index contributed by atoms with van der Waals surface area (Å²) in [6.45, 7) is 4.19. The van der Waals surface area contributed by atoms with Gasteiger partial charge in [-0.25, -0.2) is 0 Å². The standard InChI is InChI=1S/C25H26N2O4S/c1-4-18-8-5-7-16(2)23(18)20-9-6-10-21(24(20)32)26-22(25(28)31-3)15-17-11-13-19(14-12-17)27(29)30/h5-14,21-22,26H,4,15H2,1-3H3/t21?,22-/m0/s1. The monoisotopic (exact) mass is 450 g/mol. The number of allylic oxidation sites excluding steroid dienone is 2. The molecule has 0 fully saturated rings. The third-order valence-electron chi connectivity index (χ3n) is 5.58. The van der Waals surface area contributed by atoms with E-state index in [1.165, 1.54) is 24.8 Å². The highest BCUT2D eigenvalue weighted by atomic mass is 32.1. The number of benzene rings is 2. The number of carbonyl (C=O) groups excluding carboxylic acids is 1. The van der Waals surface area contributed by atoms with Crippen molar-refractivity contribution in [2.75, 3.05) is 7.11 Å². The van der Waals surface area contributed by atoms with E-state index in [2.05, 4.69) is 31.3 Å². The first-order valence-corrected chi connectivity index (χ1v) is 10.8. The number of nitro benzene ring substituents is 1. The van der Waals surface area contributed by atoms with Gasteiger partial charge in [-0.1, -0.05) is 67.7 Å². The van der Waals surface area contributed by atoms with Crippen LogP contribution in [-0.2, 0) is 22.4 Å². The lowest BCUT2D eigenvalue weighted by Crippen LogP contribution is -2.48. The first-order valence-electron chi connectivity index (χ1n) is 10.4. The maximum atomic E-state index is 12.5. The molecular weight excluding hydrogens is 424 g/mol. The summed E-state index contributed by atoms with van der Waals surface area (Å²) in [4.78, 5) is 23.7. The number of rotatable bonds is 8. The lowest BCUT2D eigenvalue weighted by molar-refractivity contribution is -0.384. The molecule has 6 nitrogen and oxygen atoms in total. The number of hydrogen-bond donors (Lipinski definition) is 1. The maximum absolute atomic E-state index is 12.5. The molecule has 0 spiro atoms. The highest BCUT2D eigenvalue weighted by Gasteiger charge is 2.28. The van der Waals surface area contributed by atoms with Gasteiger partial charge in [0.05, 0.1) is 18.1 Å². The van der Waals surface area contributed by atoms with Gasteiger partial charge in [-0.3, -0.25) is 20.2 Å². The van der Waals surface area contributed by atoms with Crippen molar-refractivity contribution in [1.82, 2.24) is 5.32 Å². The number of nitrogens with zero attached hydrogens (tertiary/aromatic N) is 1. The Balaban J connectivity index is 1.82. The zero-order chi connectivity index (χ0) is 23.3. The van der Waals surface area contributed by atoms with Crippen LogP contribution < -0.4 is 5.32 Å². The average Bonchev–Trinajstić information content (AvgIpc) is 2.79. The molecule has 2 aromatic rings. The fourth-order valence-electron chi connectivity index (χ4n) is 3.91. The van der Waals surface area contributed by atoms with Gasteiger partial charge < -0.3 is 4.74 Å². The molecule has 32 heavy (non-hydrogen) atoms. The molecule has 3 rings (SSSR count). The number of aryl methyl sites for hydroxylation is 2. The van der Waals surface area contributed by atoms with Crippen LogP contribution in [0.25, 0.3) is 5.57 Å². The number of nitro groups is 1. The number of methoxy groups -OCH3 is 1. The molecule has 1 N–H and O–H groups in total. The molecule has 1 unspecified atom stereocenters. The summed E-state index contributed by atoms with van der Waals surface area (Å²) in [5, 5.41) is 14.2. The van der Waals surface area contributed by atoms with Crippen LogP contribution >= 0.6 is 12.2 Å². The molecule has 1 aliphatic carbocycles. The third-order valence-corrected chi connectivity index (χ3v) is 6.05. The van der Waals surface area contributed by atoms with E-state index in [4.69, 9.17) is 17.0 Å². The van der Waals surface area contributed by atoms with Crippen molar-refractivity contribution < 1.29 is 14.5 Å². The molecule has 2 aromatic carbocycles. The van der Waals surface area contributed by atoms with Crippen molar-refractivity contribution in [1.29, 1.82) is 0 Å². The summed E-state index contributed by atoms with van der Waals surface area (Å²) in [6.07, 6.45) is 7.12. The van der Waals surface area contributed by atoms with Crippen LogP contribution in [0.1, 0.15) is 29.2 Å². The van der Waals surface area contributed by atoms with E-state index in [9.17, 15) is 14.9 Å². The van der Waals surface area contributed by atoms with Crippen molar-refractivity contribution >= 4 is 34.3 Å². The second kappa shape index (κ2) is 10.4. The predicted octanol–water partition coefficient (Wildman–Crippen LogP) is 4.53. The number of esters is 1. The minimum absolute atomic E-state index is 0.00690. The van der Waals surface area contributed by atoms with Crippen LogP contribution in [0.2, 0.25) is 0 Å². The van der Waals surface area contributed by atoms with Crippen LogP contribution in [-0.4, -0.2) is 35.0 Å². The van der Waals surface area contributed by atoms with E-state index in [1.54, 1.807) is 12.1 Å². The van der Waals surface area contributed by atoms with Gasteiger partial charge in [-0.15, -0.1) is 0 Å². The second-order valence-corrected chi connectivity index (χ2v) is 8.08. The van der Waals surface area contributed by atoms with Crippen molar-refractivity contribution in [3.63, 3.8) is 0 Å². The van der Waals surface area contributed by atoms with Crippen molar-refractivity contribution in [2.45, 2.75) is 38.8 Å². The number of ether oxygens (including phenoxy) is 1. The van der Waals surface area contributed by atoms with Crippen LogP contribution in [0.4, 0.5) is 5.69 Å². The molecule has 2 atom stereocenters. The first-order chi connectivity index (χ1) is 15.3. The molecule has 1 aliphatic rings. The number of hydrogen-bond acceptors (Lipinski definition) is 6. The largest absolute Gasteiger partial charge is 0.468 e. The van der Waals surface area contributed by atoms with E-state index in [0.717, 1.165) is 28.7 Å². The van der Waals surface area contributed by atoms with Crippen LogP contribution in [0.5, 0.6) is 0 Å². The van der Waals surface area contributed by atoms with E-state index in [1.807, 2.05) is 24.3 Å². The molecule has 0 aliphatic heterocycles. The summed E-state index contributed by atoms with van der Waals surface area (Å²) in [5.74, 6) is -0.416. The third kappa shape index (κ3) is 5.18. The summed E-state index contributed by atoms with van der Waals surface area (Å²) in [5.41, 5.74) is 5.29. The van der Waals surface area contributed by atoms with Crippen LogP contribution in [0.15, 0.2) is 60.7 Å². The number of non-ortho nitro benzene ring substituents is 1. The molecular formula is C25H26N2O4S. The second-order valence-electron chi connectivity index (χ2n) is 7.64. The fourth-order valence-corrected chi connectivity index (χ4v) is 4.22. The Bertz CT molecular complexity index is 1090. The molecule has 0 heterocycles. The zero-order valence-electron chi connectivity index (χ0n) is 18.3. The Morgan fingerprint density at radius 2 is 1.97 bits per heavy atom. The van der Waals surface area contributed by atoms with E-state index in [0.29, 0.717) is 11.3 Å². The van der Waals surface area contributed by atoms with Gasteiger partial charge >= 0.3 is 5.97 Å². The molecule has 0 radical (unpaired) electrons. The number of carbonyl (C=O) groups is 1. The van der Waals surface area contributed by atoms with E-state index in [-0.39, 0.29) is 11.7 Å². The van der Waals surface area contributed by atoms with E-state index < -0.39 is 16.9 Å². The molecule has 0 aromatic heterocycles. The molecule has 0 saturated heterocycles. The Hall–Kier alpha value is -3.16. The minimum Gasteiger partial charge on any atom is -0.468 e. The van der Waals surface area contributed by atoms with Gasteiger partial charge in [-0.2, -0.15) is 0 Å². The summed E-state index contributed by atoms with van der Waals surface area (Å²) in [7, 11) is 1.34. The summed E-state index contributed by atoms with van der Waals surface area (Å²) in [6, 6.07) is 11.4. The Morgan fingerprint density at radius 3 is 2.59 bits per heavy atom. The highest BCUT2D eigenvalue weighted by molar-refractivity contribution is 7.81. The van der Waals surface area contributed by atoms with Crippen LogP contribution in [0, 0.1) is 17.0 Å². The van der Waals surface area contributed by atoms with Gasteiger partial charge in [0.25, 0.3) is 5.69 Å². The lowest BCUT2D eigenvalue weighted by atomic mass is 9.87. The molecule has 7 heteroatoms. The smallest absolute Gasteiger partial charge is 0.323 e. The van der Waals surface area contributed by atoms with Crippen LogP contribution in [0.3, 0.4) is 0 Å². The van der Waals surface area contributed by atoms with Crippen molar-refractivity contribution in [2.24, 2.45) is 0 Å². The molecule has 166 valence electrons. The highest BCUT2D eigenvalue weighted by Crippen LogP contribution is 2.29. The topological polar surface area (TPSA) is 81.5 Å². The zero-order valence-corrected chi connectivity index (χ0v) is 19.1. The summed E-state index contributed by atoms with van der Waals surface area (Å²) < 4.78 is 5.00. The fraction of sp³-hybridized carbons (Fsp3) is 0.280. The minimum atomic E-state index is -0.657. The van der Waals surface area contributed by atoms with Gasteiger partial charge in [0.2, 0.25) is 0 Å². The summed E-state index contributed by atoms with van der Waals surface area (Å²) >= 11 is 5.84. The first kappa shape index (κ1) is 23.5. The Morgan fingerprint density at radius 1 is 1.25 bits per heavy atom. The van der Waals surface area contributed by atoms with Gasteiger partial charge in [0.1, 0.15) is 6.04 Å². The quantitative estimate of drug-likeness (QED) is 0.275. The molecule has 0 bridgehead atoms. The lowest BCUT2D eigenvalue weighted by Gasteiger charge is -2.27. The maximum Gasteiger partial charge on any atom is 0.323 e. The SMILES string of the molecule is CCc1cccc(C)c1C1=CC=CC(N[C@@H](Cc2ccc([N+](=O)[O-])cc2)C(=O)OC)C1=S. The average molecular weight is 451 g/mol. The number of thiocarbonyl (C=S) groups is 1. The van der Waals surface area contributed by atoms with Gasteiger partial charge in [-0.05, 0) is 47.6 Å². The molecule has 0 saturated carbocycles. The normalized spacial score (nSPS) is 16.4. The Kier molecular flexibility index (Phi) is 7.66. The molecule has 0 amide bonds. The Labute approximate surface area is 193 Å². The number of nitrogens with one attached hydrogen (secondary N) is 1. The van der Waals surface area contributed by atoms with E-state index >= 15 is 0 Å². The van der Waals surface area contributed by atoms with Crippen molar-refractivity contribution in [3.05, 3.63) is 93.1 Å². The van der Waals surface area contributed by atoms with Gasteiger partial charge in [0.15, 0.2) is 0 Å².